The monoisotopic (exact) mass is 232 g/mol. The molecule has 11 heavy (non-hydrogen) atoms. The molecule has 1 aromatic carbocycles. The molecule has 0 spiro atoms. The average Bonchev–Trinajstić information content (AvgIpc) is 1.85. The van der Waals surface area contributed by atoms with E-state index in [-0.39, 0.29) is 0 Å². The van der Waals surface area contributed by atoms with Crippen molar-refractivity contribution in [2.24, 2.45) is 0 Å². The SMILES string of the molecule is N=Cc1c(N)cc(Br)cc1Cl. The molecule has 58 valence electrons. The third-order valence-corrected chi connectivity index (χ3v) is 2.04. The lowest BCUT2D eigenvalue weighted by Gasteiger charge is -2.02. The molecule has 2 nitrogen and oxygen atoms in total. The van der Waals surface area contributed by atoms with Crippen LogP contribution < -0.4 is 5.73 Å². The Kier molecular flexibility index (Phi) is 2.52. The fourth-order valence-corrected chi connectivity index (χ4v) is 1.65. The maximum absolute atomic E-state index is 6.99. The minimum absolute atomic E-state index is 0.492. The topological polar surface area (TPSA) is 49.9 Å². The molecule has 0 aliphatic rings. The van der Waals surface area contributed by atoms with Gasteiger partial charge in [-0.15, -0.1) is 0 Å². The van der Waals surface area contributed by atoms with Crippen molar-refractivity contribution in [3.05, 3.63) is 27.2 Å². The lowest BCUT2D eigenvalue weighted by molar-refractivity contribution is 1.53. The van der Waals surface area contributed by atoms with E-state index in [1.165, 1.54) is 0 Å². The Morgan fingerprint density at radius 3 is 2.64 bits per heavy atom. The van der Waals surface area contributed by atoms with Crippen LogP contribution in [0, 0.1) is 5.41 Å². The number of nitrogens with one attached hydrogen (secondary N) is 1. The van der Waals surface area contributed by atoms with Gasteiger partial charge in [0, 0.05) is 21.9 Å². The molecule has 0 aliphatic heterocycles. The predicted molar refractivity (Wildman–Crippen MR) is 51.5 cm³/mol. The van der Waals surface area contributed by atoms with Crippen molar-refractivity contribution in [2.45, 2.75) is 0 Å². The minimum Gasteiger partial charge on any atom is -0.398 e. The summed E-state index contributed by atoms with van der Waals surface area (Å²) in [6.45, 7) is 0. The number of hydrogen-bond acceptors (Lipinski definition) is 2. The third-order valence-electron chi connectivity index (χ3n) is 1.27. The number of anilines is 1. The first-order chi connectivity index (χ1) is 5.15. The minimum atomic E-state index is 0.492. The smallest absolute Gasteiger partial charge is 0.0525 e. The van der Waals surface area contributed by atoms with Gasteiger partial charge in [-0.1, -0.05) is 27.5 Å². The highest BCUT2D eigenvalue weighted by Gasteiger charge is 2.02. The second kappa shape index (κ2) is 3.24. The lowest BCUT2D eigenvalue weighted by Crippen LogP contribution is -1.93. The molecule has 1 rings (SSSR count). The summed E-state index contributed by atoms with van der Waals surface area (Å²) < 4.78 is 0.825. The van der Waals surface area contributed by atoms with Gasteiger partial charge in [-0.3, -0.25) is 0 Å². The summed E-state index contributed by atoms with van der Waals surface area (Å²) in [5.41, 5.74) is 6.65. The Morgan fingerprint density at radius 1 is 1.55 bits per heavy atom. The van der Waals surface area contributed by atoms with Gasteiger partial charge in [0.25, 0.3) is 0 Å². The molecule has 4 heteroatoms. The molecule has 0 aromatic heterocycles. The van der Waals surface area contributed by atoms with E-state index >= 15 is 0 Å². The number of hydrogen-bond donors (Lipinski definition) is 2. The van der Waals surface area contributed by atoms with Crippen molar-refractivity contribution >= 4 is 39.4 Å². The molecule has 0 saturated carbocycles. The molecule has 3 N–H and O–H groups in total. The fraction of sp³-hybridized carbons (Fsp3) is 0. The van der Waals surface area contributed by atoms with Gasteiger partial charge in [0.1, 0.15) is 0 Å². The van der Waals surface area contributed by atoms with Gasteiger partial charge in [-0.2, -0.15) is 0 Å². The van der Waals surface area contributed by atoms with Crippen LogP contribution in [-0.4, -0.2) is 6.21 Å². The Morgan fingerprint density at radius 2 is 2.18 bits per heavy atom. The molecule has 0 aliphatic carbocycles. The second-order valence-corrected chi connectivity index (χ2v) is 3.36. The molecule has 0 saturated heterocycles. The van der Waals surface area contributed by atoms with E-state index in [1.54, 1.807) is 12.1 Å². The average molecular weight is 233 g/mol. The summed E-state index contributed by atoms with van der Waals surface area (Å²) in [5, 5.41) is 7.48. The Balaban J connectivity index is 3.36. The van der Waals surface area contributed by atoms with Gasteiger partial charge < -0.3 is 11.1 Å². The molecule has 0 bridgehead atoms. The zero-order chi connectivity index (χ0) is 8.43. The maximum atomic E-state index is 6.99. The van der Waals surface area contributed by atoms with Crippen molar-refractivity contribution in [3.63, 3.8) is 0 Å². The van der Waals surface area contributed by atoms with Gasteiger partial charge in [-0.25, -0.2) is 0 Å². The molecular weight excluding hydrogens is 227 g/mol. The normalized spacial score (nSPS) is 9.64. The van der Waals surface area contributed by atoms with Crippen molar-refractivity contribution in [3.8, 4) is 0 Å². The number of nitrogens with two attached hydrogens (primary N) is 1. The summed E-state index contributed by atoms with van der Waals surface area (Å²) in [6, 6.07) is 3.42. The molecule has 0 fully saturated rings. The maximum Gasteiger partial charge on any atom is 0.0525 e. The highest BCUT2D eigenvalue weighted by atomic mass is 79.9. The molecule has 1 aromatic rings. The van der Waals surface area contributed by atoms with Crippen molar-refractivity contribution in [2.75, 3.05) is 5.73 Å². The van der Waals surface area contributed by atoms with Crippen molar-refractivity contribution in [1.82, 2.24) is 0 Å². The Labute approximate surface area is 78.0 Å². The standard InChI is InChI=1S/C7H6BrClN2/c8-4-1-6(9)5(3-10)7(11)2-4/h1-3,10H,11H2. The van der Waals surface area contributed by atoms with E-state index in [0.29, 0.717) is 16.3 Å². The zero-order valence-corrected chi connectivity index (χ0v) is 7.91. The molecule has 0 heterocycles. The summed E-state index contributed by atoms with van der Waals surface area (Å²) in [4.78, 5) is 0. The van der Waals surface area contributed by atoms with Crippen LogP contribution in [0.4, 0.5) is 5.69 Å². The van der Waals surface area contributed by atoms with E-state index < -0.39 is 0 Å². The first-order valence-corrected chi connectivity index (χ1v) is 4.07. The van der Waals surface area contributed by atoms with Crippen molar-refractivity contribution < 1.29 is 0 Å². The summed E-state index contributed by atoms with van der Waals surface area (Å²) in [5.74, 6) is 0. The first-order valence-electron chi connectivity index (χ1n) is 2.90. The first kappa shape index (κ1) is 8.56. The quantitative estimate of drug-likeness (QED) is 0.569. The Hall–Kier alpha value is -0.540. The largest absolute Gasteiger partial charge is 0.398 e. The molecule has 0 unspecified atom stereocenters. The predicted octanol–water partition coefficient (Wildman–Crippen LogP) is 2.68. The molecular formula is C7H6BrClN2. The number of nitrogen functional groups attached to an aromatic ring is 1. The van der Waals surface area contributed by atoms with Gasteiger partial charge >= 0.3 is 0 Å². The van der Waals surface area contributed by atoms with Gasteiger partial charge in [-0.05, 0) is 12.1 Å². The number of halogens is 2. The molecule has 0 atom stereocenters. The van der Waals surface area contributed by atoms with Crippen LogP contribution in [-0.2, 0) is 0 Å². The third kappa shape index (κ3) is 1.73. The highest BCUT2D eigenvalue weighted by molar-refractivity contribution is 9.10. The lowest BCUT2D eigenvalue weighted by atomic mass is 10.2. The van der Waals surface area contributed by atoms with Crippen molar-refractivity contribution in [1.29, 1.82) is 5.41 Å². The van der Waals surface area contributed by atoms with E-state index in [9.17, 15) is 0 Å². The van der Waals surface area contributed by atoms with Crippen LogP contribution in [0.25, 0.3) is 0 Å². The van der Waals surface area contributed by atoms with Crippen LogP contribution in [0.2, 0.25) is 5.02 Å². The summed E-state index contributed by atoms with van der Waals surface area (Å²) in [6.07, 6.45) is 1.14. The van der Waals surface area contributed by atoms with Gasteiger partial charge in [0.15, 0.2) is 0 Å². The van der Waals surface area contributed by atoms with Crippen LogP contribution in [0.5, 0.6) is 0 Å². The van der Waals surface area contributed by atoms with Crippen LogP contribution in [0.1, 0.15) is 5.56 Å². The van der Waals surface area contributed by atoms with E-state index in [0.717, 1.165) is 10.7 Å². The van der Waals surface area contributed by atoms with E-state index in [2.05, 4.69) is 15.9 Å². The summed E-state index contributed by atoms with van der Waals surface area (Å²) in [7, 11) is 0. The van der Waals surface area contributed by atoms with E-state index in [1.807, 2.05) is 0 Å². The number of benzene rings is 1. The number of rotatable bonds is 1. The van der Waals surface area contributed by atoms with Gasteiger partial charge in [0.05, 0.1) is 5.02 Å². The zero-order valence-electron chi connectivity index (χ0n) is 5.57. The van der Waals surface area contributed by atoms with Gasteiger partial charge in [0.2, 0.25) is 0 Å². The Bertz CT molecular complexity index is 275. The summed E-state index contributed by atoms with van der Waals surface area (Å²) >= 11 is 9.01. The molecule has 0 radical (unpaired) electrons. The fourth-order valence-electron chi connectivity index (χ4n) is 0.757. The van der Waals surface area contributed by atoms with E-state index in [4.69, 9.17) is 22.7 Å². The highest BCUT2D eigenvalue weighted by Crippen LogP contribution is 2.25. The second-order valence-electron chi connectivity index (χ2n) is 2.03. The van der Waals surface area contributed by atoms with Crippen LogP contribution >= 0.6 is 27.5 Å². The molecule has 0 amide bonds. The van der Waals surface area contributed by atoms with Crippen LogP contribution in [0.3, 0.4) is 0 Å². The van der Waals surface area contributed by atoms with Crippen LogP contribution in [0.15, 0.2) is 16.6 Å².